The molecule has 126 valence electrons. The predicted molar refractivity (Wildman–Crippen MR) is 94.8 cm³/mol. The standard InChI is InChI=1S/C17H17BrN2O4/c1-23-13-5-3-11(4-6-13)9-16(21)20-19-10-12-7-14(18)17(22)15(8-12)24-2/h3-8,10,22H,9H2,1-2H3,(H,20,21). The zero-order chi connectivity index (χ0) is 17.5. The number of carbonyl (C=O) groups is 1. The van der Waals surface area contributed by atoms with E-state index in [-0.39, 0.29) is 18.1 Å². The van der Waals surface area contributed by atoms with Crippen LogP contribution < -0.4 is 14.9 Å². The lowest BCUT2D eigenvalue weighted by atomic mass is 10.1. The fourth-order valence-electron chi connectivity index (χ4n) is 1.97. The lowest BCUT2D eigenvalue weighted by Crippen LogP contribution is -2.19. The molecule has 0 heterocycles. The van der Waals surface area contributed by atoms with Gasteiger partial charge < -0.3 is 14.6 Å². The average molecular weight is 393 g/mol. The van der Waals surface area contributed by atoms with Crippen LogP contribution in [-0.4, -0.2) is 31.4 Å². The van der Waals surface area contributed by atoms with E-state index in [0.717, 1.165) is 11.3 Å². The summed E-state index contributed by atoms with van der Waals surface area (Å²) in [5, 5.41) is 13.7. The van der Waals surface area contributed by atoms with E-state index in [4.69, 9.17) is 9.47 Å². The van der Waals surface area contributed by atoms with E-state index in [9.17, 15) is 9.90 Å². The molecule has 0 saturated heterocycles. The Morgan fingerprint density at radius 3 is 2.58 bits per heavy atom. The highest BCUT2D eigenvalue weighted by Crippen LogP contribution is 2.34. The number of ether oxygens (including phenoxy) is 2. The van der Waals surface area contributed by atoms with E-state index >= 15 is 0 Å². The van der Waals surface area contributed by atoms with Crippen molar-refractivity contribution in [3.63, 3.8) is 0 Å². The Labute approximate surface area is 148 Å². The van der Waals surface area contributed by atoms with Gasteiger partial charge in [0.15, 0.2) is 11.5 Å². The lowest BCUT2D eigenvalue weighted by Gasteiger charge is -2.06. The summed E-state index contributed by atoms with van der Waals surface area (Å²) in [5.41, 5.74) is 3.99. The highest BCUT2D eigenvalue weighted by Gasteiger charge is 2.07. The molecule has 0 radical (unpaired) electrons. The van der Waals surface area contributed by atoms with Gasteiger partial charge in [-0.15, -0.1) is 0 Å². The van der Waals surface area contributed by atoms with Crippen LogP contribution in [0.2, 0.25) is 0 Å². The first-order valence-electron chi connectivity index (χ1n) is 7.05. The van der Waals surface area contributed by atoms with Crippen molar-refractivity contribution < 1.29 is 19.4 Å². The number of halogens is 1. The zero-order valence-electron chi connectivity index (χ0n) is 13.2. The number of hydrogen-bond donors (Lipinski definition) is 2. The normalized spacial score (nSPS) is 10.6. The van der Waals surface area contributed by atoms with Crippen LogP contribution in [0.1, 0.15) is 11.1 Å². The summed E-state index contributed by atoms with van der Waals surface area (Å²) in [6.07, 6.45) is 1.68. The van der Waals surface area contributed by atoms with E-state index < -0.39 is 0 Å². The summed E-state index contributed by atoms with van der Waals surface area (Å²) < 4.78 is 10.6. The number of methoxy groups -OCH3 is 2. The molecular formula is C17H17BrN2O4. The maximum atomic E-state index is 11.9. The van der Waals surface area contributed by atoms with Crippen molar-refractivity contribution >= 4 is 28.1 Å². The van der Waals surface area contributed by atoms with Crippen molar-refractivity contribution in [1.29, 1.82) is 0 Å². The van der Waals surface area contributed by atoms with Crippen molar-refractivity contribution in [3.05, 3.63) is 52.0 Å². The van der Waals surface area contributed by atoms with Crippen LogP contribution in [0.25, 0.3) is 0 Å². The second kappa shape index (κ2) is 8.35. The SMILES string of the molecule is COc1ccc(CC(=O)NN=Cc2cc(Br)c(O)c(OC)c2)cc1. The van der Waals surface area contributed by atoms with Crippen LogP contribution in [0.3, 0.4) is 0 Å². The number of rotatable bonds is 6. The summed E-state index contributed by atoms with van der Waals surface area (Å²) in [7, 11) is 3.05. The Balaban J connectivity index is 1.95. The molecule has 0 unspecified atom stereocenters. The monoisotopic (exact) mass is 392 g/mol. The fraction of sp³-hybridized carbons (Fsp3) is 0.176. The Hall–Kier alpha value is -2.54. The third-order valence-corrected chi connectivity index (χ3v) is 3.80. The molecule has 24 heavy (non-hydrogen) atoms. The van der Waals surface area contributed by atoms with Gasteiger partial charge in [0.1, 0.15) is 5.75 Å². The number of nitrogens with one attached hydrogen (secondary N) is 1. The zero-order valence-corrected chi connectivity index (χ0v) is 14.8. The molecule has 7 heteroatoms. The third kappa shape index (κ3) is 4.73. The number of hydrogen-bond acceptors (Lipinski definition) is 5. The van der Waals surface area contributed by atoms with Crippen molar-refractivity contribution in [1.82, 2.24) is 5.43 Å². The van der Waals surface area contributed by atoms with Gasteiger partial charge in [0, 0.05) is 0 Å². The van der Waals surface area contributed by atoms with E-state index in [2.05, 4.69) is 26.5 Å². The summed E-state index contributed by atoms with van der Waals surface area (Å²) in [6, 6.07) is 10.5. The van der Waals surface area contributed by atoms with Gasteiger partial charge in [0.2, 0.25) is 5.91 Å². The summed E-state index contributed by atoms with van der Waals surface area (Å²) >= 11 is 3.23. The molecule has 0 saturated carbocycles. The largest absolute Gasteiger partial charge is 0.503 e. The number of benzene rings is 2. The van der Waals surface area contributed by atoms with Gasteiger partial charge in [-0.05, 0) is 51.3 Å². The van der Waals surface area contributed by atoms with Gasteiger partial charge in [0.05, 0.1) is 31.3 Å². The van der Waals surface area contributed by atoms with Gasteiger partial charge in [-0.25, -0.2) is 5.43 Å². The Morgan fingerprint density at radius 1 is 1.25 bits per heavy atom. The van der Waals surface area contributed by atoms with Gasteiger partial charge in [-0.3, -0.25) is 4.79 Å². The van der Waals surface area contributed by atoms with Crippen LogP contribution in [0.5, 0.6) is 17.2 Å². The molecular weight excluding hydrogens is 376 g/mol. The molecule has 6 nitrogen and oxygen atoms in total. The summed E-state index contributed by atoms with van der Waals surface area (Å²) in [5.74, 6) is 0.832. The smallest absolute Gasteiger partial charge is 0.244 e. The van der Waals surface area contributed by atoms with Crippen molar-refractivity contribution in [3.8, 4) is 17.2 Å². The molecule has 0 fully saturated rings. The summed E-state index contributed by atoms with van der Waals surface area (Å²) in [6.45, 7) is 0. The molecule has 0 aromatic heterocycles. The van der Waals surface area contributed by atoms with Crippen LogP contribution in [0.15, 0.2) is 46.0 Å². The Morgan fingerprint density at radius 2 is 1.96 bits per heavy atom. The first-order chi connectivity index (χ1) is 11.5. The van der Waals surface area contributed by atoms with Crippen LogP contribution in [0, 0.1) is 0 Å². The van der Waals surface area contributed by atoms with Crippen molar-refractivity contribution in [2.75, 3.05) is 14.2 Å². The molecule has 1 amide bonds. The number of aromatic hydroxyl groups is 1. The quantitative estimate of drug-likeness (QED) is 0.584. The highest BCUT2D eigenvalue weighted by atomic mass is 79.9. The highest BCUT2D eigenvalue weighted by molar-refractivity contribution is 9.10. The number of hydrazone groups is 1. The number of carbonyl (C=O) groups excluding carboxylic acids is 1. The summed E-state index contributed by atoms with van der Waals surface area (Å²) in [4.78, 5) is 11.9. The van der Waals surface area contributed by atoms with Crippen molar-refractivity contribution in [2.45, 2.75) is 6.42 Å². The fourth-order valence-corrected chi connectivity index (χ4v) is 2.43. The molecule has 0 aliphatic carbocycles. The van der Waals surface area contributed by atoms with Crippen molar-refractivity contribution in [2.24, 2.45) is 5.10 Å². The minimum Gasteiger partial charge on any atom is -0.503 e. The number of phenolic OH excluding ortho intramolecular Hbond substituents is 1. The first-order valence-corrected chi connectivity index (χ1v) is 7.84. The molecule has 2 aromatic carbocycles. The molecule has 0 spiro atoms. The third-order valence-electron chi connectivity index (χ3n) is 3.20. The van der Waals surface area contributed by atoms with E-state index in [1.54, 1.807) is 31.4 Å². The second-order valence-corrected chi connectivity index (χ2v) is 5.73. The van der Waals surface area contributed by atoms with Crippen LogP contribution in [-0.2, 0) is 11.2 Å². The molecule has 0 aliphatic heterocycles. The minimum absolute atomic E-state index is 0.0122. The maximum absolute atomic E-state index is 11.9. The van der Waals surface area contributed by atoms with Gasteiger partial charge in [-0.1, -0.05) is 12.1 Å². The molecule has 0 atom stereocenters. The molecule has 2 N–H and O–H groups in total. The average Bonchev–Trinajstić information content (AvgIpc) is 2.58. The molecule has 0 bridgehead atoms. The lowest BCUT2D eigenvalue weighted by molar-refractivity contribution is -0.120. The van der Waals surface area contributed by atoms with E-state index in [1.165, 1.54) is 13.3 Å². The predicted octanol–water partition coefficient (Wildman–Crippen LogP) is 2.86. The maximum Gasteiger partial charge on any atom is 0.244 e. The second-order valence-electron chi connectivity index (χ2n) is 4.87. The topological polar surface area (TPSA) is 80.2 Å². The Bertz CT molecular complexity index is 745. The van der Waals surface area contributed by atoms with E-state index in [0.29, 0.717) is 15.8 Å². The molecule has 2 rings (SSSR count). The van der Waals surface area contributed by atoms with E-state index in [1.807, 2.05) is 12.1 Å². The Kier molecular flexibility index (Phi) is 6.20. The minimum atomic E-state index is -0.235. The molecule has 0 aliphatic rings. The van der Waals surface area contributed by atoms with Gasteiger partial charge in [0.25, 0.3) is 0 Å². The van der Waals surface area contributed by atoms with Crippen LogP contribution >= 0.6 is 15.9 Å². The number of phenols is 1. The first kappa shape index (κ1) is 17.8. The van der Waals surface area contributed by atoms with Gasteiger partial charge in [-0.2, -0.15) is 5.10 Å². The molecule has 2 aromatic rings. The number of amides is 1. The number of nitrogens with zero attached hydrogens (tertiary/aromatic N) is 1. The van der Waals surface area contributed by atoms with Crippen LogP contribution in [0.4, 0.5) is 0 Å². The van der Waals surface area contributed by atoms with Gasteiger partial charge >= 0.3 is 0 Å².